The molecule has 1 heterocycles. The van der Waals surface area contributed by atoms with Crippen LogP contribution in [0, 0.1) is 0 Å². The van der Waals surface area contributed by atoms with Crippen LogP contribution in [0.3, 0.4) is 0 Å². The van der Waals surface area contributed by atoms with Crippen LogP contribution in [0.4, 0.5) is 4.79 Å². The zero-order valence-electron chi connectivity index (χ0n) is 9.97. The smallest absolute Gasteiger partial charge is 0.271 e. The van der Waals surface area contributed by atoms with Crippen molar-refractivity contribution < 1.29 is 14.4 Å². The van der Waals surface area contributed by atoms with E-state index in [1.54, 1.807) is 37.3 Å². The SMILES string of the molecule is CCC1(c2ccccc2)C(=O)N(Cl)C(=O)N(Cl)C1=O. The lowest BCUT2D eigenvalue weighted by Gasteiger charge is -2.38. The highest BCUT2D eigenvalue weighted by Crippen LogP contribution is 2.37. The van der Waals surface area contributed by atoms with Crippen molar-refractivity contribution in [1.82, 2.24) is 8.84 Å². The molecule has 7 heteroatoms. The predicted molar refractivity (Wildman–Crippen MR) is 69.2 cm³/mol. The van der Waals surface area contributed by atoms with Gasteiger partial charge < -0.3 is 0 Å². The van der Waals surface area contributed by atoms with Gasteiger partial charge in [-0.25, -0.2) is 4.79 Å². The fourth-order valence-electron chi connectivity index (χ4n) is 2.15. The van der Waals surface area contributed by atoms with Crippen LogP contribution in [-0.2, 0) is 15.0 Å². The Kier molecular flexibility index (Phi) is 3.52. The lowest BCUT2D eigenvalue weighted by atomic mass is 9.75. The minimum absolute atomic E-state index is 0.147. The first-order valence-corrected chi connectivity index (χ1v) is 6.24. The Morgan fingerprint density at radius 2 is 1.47 bits per heavy atom. The van der Waals surface area contributed by atoms with Crippen LogP contribution in [0.2, 0.25) is 0 Å². The van der Waals surface area contributed by atoms with Crippen molar-refractivity contribution in [1.29, 1.82) is 0 Å². The van der Waals surface area contributed by atoms with Gasteiger partial charge >= 0.3 is 6.03 Å². The summed E-state index contributed by atoms with van der Waals surface area (Å²) in [6.45, 7) is 1.66. The second-order valence-corrected chi connectivity index (χ2v) is 4.76. The molecule has 0 spiro atoms. The van der Waals surface area contributed by atoms with Gasteiger partial charge in [-0.2, -0.15) is 8.84 Å². The maximum Gasteiger partial charge on any atom is 0.363 e. The summed E-state index contributed by atoms with van der Waals surface area (Å²) in [5.74, 6) is -1.57. The topological polar surface area (TPSA) is 57.7 Å². The molecule has 0 atom stereocenters. The van der Waals surface area contributed by atoms with E-state index in [0.29, 0.717) is 14.4 Å². The Morgan fingerprint density at radius 1 is 1.00 bits per heavy atom. The molecule has 0 aromatic heterocycles. The zero-order valence-corrected chi connectivity index (χ0v) is 11.5. The van der Waals surface area contributed by atoms with Gasteiger partial charge in [0.15, 0.2) is 5.41 Å². The Morgan fingerprint density at radius 3 is 1.89 bits per heavy atom. The lowest BCUT2D eigenvalue weighted by molar-refractivity contribution is -0.146. The third-order valence-corrected chi connectivity index (χ3v) is 3.82. The van der Waals surface area contributed by atoms with Crippen LogP contribution < -0.4 is 0 Å². The summed E-state index contributed by atoms with van der Waals surface area (Å²) in [4.78, 5) is 36.2. The standard InChI is InChI=1S/C12H10Cl2N2O3/c1-2-12(8-6-4-3-5-7-8)9(17)15(13)11(19)16(14)10(12)18/h3-7H,2H2,1H3. The average molecular weight is 301 g/mol. The Bertz CT molecular complexity index is 523. The van der Waals surface area contributed by atoms with E-state index in [4.69, 9.17) is 23.6 Å². The molecule has 0 aliphatic carbocycles. The molecule has 4 amide bonds. The van der Waals surface area contributed by atoms with Gasteiger partial charge in [0.25, 0.3) is 11.8 Å². The summed E-state index contributed by atoms with van der Waals surface area (Å²) >= 11 is 11.3. The van der Waals surface area contributed by atoms with Gasteiger partial charge in [-0.3, -0.25) is 9.59 Å². The van der Waals surface area contributed by atoms with Crippen LogP contribution in [-0.4, -0.2) is 26.7 Å². The predicted octanol–water partition coefficient (Wildman–Crippen LogP) is 2.43. The third-order valence-electron chi connectivity index (χ3n) is 3.22. The fraction of sp³-hybridized carbons (Fsp3) is 0.250. The molecule has 1 aromatic carbocycles. The largest absolute Gasteiger partial charge is 0.363 e. The minimum Gasteiger partial charge on any atom is -0.271 e. The lowest BCUT2D eigenvalue weighted by Crippen LogP contribution is -2.62. The quantitative estimate of drug-likeness (QED) is 0.622. The first kappa shape index (κ1) is 13.8. The monoisotopic (exact) mass is 300 g/mol. The van der Waals surface area contributed by atoms with Crippen LogP contribution in [0.25, 0.3) is 0 Å². The van der Waals surface area contributed by atoms with Crippen molar-refractivity contribution in [3.8, 4) is 0 Å². The Hall–Kier alpha value is -1.59. The van der Waals surface area contributed by atoms with Crippen molar-refractivity contribution in [2.24, 2.45) is 0 Å². The minimum atomic E-state index is -1.56. The van der Waals surface area contributed by atoms with Crippen LogP contribution in [0.5, 0.6) is 0 Å². The van der Waals surface area contributed by atoms with E-state index in [0.717, 1.165) is 0 Å². The van der Waals surface area contributed by atoms with E-state index in [1.165, 1.54) is 0 Å². The number of amides is 4. The fourth-order valence-corrected chi connectivity index (χ4v) is 2.63. The second kappa shape index (κ2) is 4.83. The zero-order chi connectivity index (χ0) is 14.2. The number of halogens is 2. The molecule has 1 aliphatic rings. The van der Waals surface area contributed by atoms with E-state index in [-0.39, 0.29) is 6.42 Å². The first-order valence-electron chi connectivity index (χ1n) is 5.57. The van der Waals surface area contributed by atoms with Crippen LogP contribution >= 0.6 is 23.6 Å². The number of imide groups is 2. The molecule has 1 saturated heterocycles. The molecular weight excluding hydrogens is 291 g/mol. The van der Waals surface area contributed by atoms with E-state index in [1.807, 2.05) is 0 Å². The number of urea groups is 1. The highest BCUT2D eigenvalue weighted by atomic mass is 35.5. The molecule has 1 aromatic rings. The number of carbonyl (C=O) groups excluding carboxylic acids is 3. The number of barbiturate groups is 1. The van der Waals surface area contributed by atoms with Gasteiger partial charge in [-0.15, -0.1) is 0 Å². The summed E-state index contributed by atoms with van der Waals surface area (Å²) < 4.78 is 0.704. The molecule has 0 unspecified atom stereocenters. The average Bonchev–Trinajstić information content (AvgIpc) is 2.45. The molecule has 1 fully saturated rings. The molecule has 0 saturated carbocycles. The molecule has 2 rings (SSSR count). The molecule has 0 bridgehead atoms. The number of carbonyl (C=O) groups is 3. The molecule has 100 valence electrons. The molecule has 19 heavy (non-hydrogen) atoms. The van der Waals surface area contributed by atoms with E-state index < -0.39 is 23.3 Å². The number of hydrogen-bond acceptors (Lipinski definition) is 3. The molecule has 0 N–H and O–H groups in total. The van der Waals surface area contributed by atoms with Crippen molar-refractivity contribution in [2.75, 3.05) is 0 Å². The van der Waals surface area contributed by atoms with E-state index >= 15 is 0 Å². The van der Waals surface area contributed by atoms with Gasteiger partial charge in [-0.1, -0.05) is 37.3 Å². The Balaban J connectivity index is 2.64. The third kappa shape index (κ3) is 1.81. The van der Waals surface area contributed by atoms with Crippen LogP contribution in [0.1, 0.15) is 18.9 Å². The first-order chi connectivity index (χ1) is 8.96. The summed E-state index contributed by atoms with van der Waals surface area (Å²) in [7, 11) is 0. The molecule has 5 nitrogen and oxygen atoms in total. The van der Waals surface area contributed by atoms with Gasteiger partial charge in [0.2, 0.25) is 0 Å². The van der Waals surface area contributed by atoms with E-state index in [9.17, 15) is 14.4 Å². The number of benzene rings is 1. The van der Waals surface area contributed by atoms with Gasteiger partial charge in [-0.05, 0) is 12.0 Å². The van der Waals surface area contributed by atoms with Crippen LogP contribution in [0.15, 0.2) is 30.3 Å². The molecular formula is C12H10Cl2N2O3. The summed E-state index contributed by atoms with van der Waals surface area (Å²) in [5, 5.41) is 0. The highest BCUT2D eigenvalue weighted by Gasteiger charge is 2.57. The van der Waals surface area contributed by atoms with Crippen molar-refractivity contribution in [3.05, 3.63) is 35.9 Å². The van der Waals surface area contributed by atoms with Gasteiger partial charge in [0, 0.05) is 23.6 Å². The maximum absolute atomic E-state index is 12.3. The second-order valence-electron chi connectivity index (χ2n) is 4.08. The molecule has 1 aliphatic heterocycles. The maximum atomic E-state index is 12.3. The number of hydrogen-bond donors (Lipinski definition) is 0. The van der Waals surface area contributed by atoms with Gasteiger partial charge in [0.1, 0.15) is 0 Å². The van der Waals surface area contributed by atoms with Crippen molar-refractivity contribution in [2.45, 2.75) is 18.8 Å². The van der Waals surface area contributed by atoms with Crippen molar-refractivity contribution >= 4 is 41.4 Å². The summed E-state index contributed by atoms with van der Waals surface area (Å²) in [6, 6.07) is 7.35. The molecule has 0 radical (unpaired) electrons. The Labute approximate surface area is 119 Å². The van der Waals surface area contributed by atoms with E-state index in [2.05, 4.69) is 0 Å². The highest BCUT2D eigenvalue weighted by molar-refractivity contribution is 6.44. The van der Waals surface area contributed by atoms with Crippen molar-refractivity contribution in [3.63, 3.8) is 0 Å². The number of nitrogens with zero attached hydrogens (tertiary/aromatic N) is 2. The summed E-state index contributed by atoms with van der Waals surface area (Å²) in [6.07, 6.45) is 0.147. The normalized spacial score (nSPS) is 19.0. The van der Waals surface area contributed by atoms with Gasteiger partial charge in [0.05, 0.1) is 0 Å². The number of rotatable bonds is 2. The summed E-state index contributed by atoms with van der Waals surface area (Å²) in [5.41, 5.74) is -1.10.